The van der Waals surface area contributed by atoms with Crippen LogP contribution in [0.5, 0.6) is 0 Å². The number of halogens is 1. The number of aryl methyl sites for hydroxylation is 2. The van der Waals surface area contributed by atoms with E-state index in [0.29, 0.717) is 5.02 Å². The summed E-state index contributed by atoms with van der Waals surface area (Å²) in [5, 5.41) is 5.05. The Labute approximate surface area is 179 Å². The van der Waals surface area contributed by atoms with Crippen molar-refractivity contribution in [1.29, 1.82) is 0 Å². The van der Waals surface area contributed by atoms with Crippen molar-refractivity contribution in [2.75, 3.05) is 4.90 Å². The molecule has 0 spiro atoms. The topological polar surface area (TPSA) is 59.0 Å². The number of nitrogens with zero attached hydrogens (tertiary/aromatic N) is 2. The van der Waals surface area contributed by atoms with Crippen molar-refractivity contribution in [3.8, 4) is 0 Å². The van der Waals surface area contributed by atoms with Crippen LogP contribution in [-0.2, 0) is 14.4 Å². The molecule has 2 aromatic rings. The van der Waals surface area contributed by atoms with Gasteiger partial charge in [-0.25, -0.2) is 4.90 Å². The van der Waals surface area contributed by atoms with Crippen molar-refractivity contribution in [3.63, 3.8) is 0 Å². The molecule has 0 aromatic heterocycles. The summed E-state index contributed by atoms with van der Waals surface area (Å²) in [6.45, 7) is 3.91. The minimum atomic E-state index is -0.303. The highest BCUT2D eigenvalue weighted by molar-refractivity contribution is 6.30. The van der Waals surface area contributed by atoms with Gasteiger partial charge in [-0.15, -0.1) is 0 Å². The monoisotopic (exact) mass is 420 g/mol. The van der Waals surface area contributed by atoms with E-state index in [9.17, 15) is 9.59 Å². The number of imide groups is 1. The van der Waals surface area contributed by atoms with Crippen molar-refractivity contribution in [3.05, 3.63) is 64.2 Å². The summed E-state index contributed by atoms with van der Waals surface area (Å²) >= 11 is 6.04. The Bertz CT molecular complexity index is 1110. The maximum Gasteiger partial charge on any atom is 0.238 e. The van der Waals surface area contributed by atoms with E-state index in [-0.39, 0.29) is 47.5 Å². The number of carbonyl (C=O) groups is 2. The first kappa shape index (κ1) is 18.1. The second-order valence-electron chi connectivity index (χ2n) is 8.95. The Balaban J connectivity index is 1.38. The number of hydrogen-bond donors (Lipinski definition) is 0. The molecular weight excluding hydrogens is 400 g/mol. The number of carbonyl (C=O) groups excluding carboxylic acids is 2. The number of benzene rings is 2. The molecule has 2 saturated carbocycles. The number of para-hydroxylation sites is 1. The molecule has 152 valence electrons. The molecule has 1 saturated heterocycles. The first-order valence-electron chi connectivity index (χ1n) is 10.4. The number of amides is 2. The normalized spacial score (nSPS) is 33.6. The molecule has 5 nitrogen and oxygen atoms in total. The Morgan fingerprint density at radius 1 is 0.933 bits per heavy atom. The van der Waals surface area contributed by atoms with Gasteiger partial charge in [-0.2, -0.15) is 0 Å². The Kier molecular flexibility index (Phi) is 3.73. The fourth-order valence-corrected chi connectivity index (χ4v) is 6.49. The Morgan fingerprint density at radius 3 is 2.23 bits per heavy atom. The van der Waals surface area contributed by atoms with E-state index in [1.54, 1.807) is 0 Å². The van der Waals surface area contributed by atoms with Crippen LogP contribution in [-0.4, -0.2) is 23.6 Å². The van der Waals surface area contributed by atoms with Gasteiger partial charge in [-0.1, -0.05) is 47.1 Å². The highest BCUT2D eigenvalue weighted by Gasteiger charge is 2.70. The minimum absolute atomic E-state index is 0.0318. The van der Waals surface area contributed by atoms with Gasteiger partial charge in [-0.05, 0) is 55.0 Å². The lowest BCUT2D eigenvalue weighted by molar-refractivity contribution is -0.125. The smallest absolute Gasteiger partial charge is 0.238 e. The summed E-state index contributed by atoms with van der Waals surface area (Å²) < 4.78 is 0. The zero-order valence-electron chi connectivity index (χ0n) is 16.7. The fourth-order valence-electron chi connectivity index (χ4n) is 6.36. The Hall–Kier alpha value is -2.66. The van der Waals surface area contributed by atoms with Crippen LogP contribution in [0.25, 0.3) is 0 Å². The van der Waals surface area contributed by atoms with Crippen LogP contribution in [0.15, 0.2) is 47.6 Å². The summed E-state index contributed by atoms with van der Waals surface area (Å²) in [6.07, 6.45) is 0.714. The third-order valence-corrected chi connectivity index (χ3v) is 7.75. The number of fused-ring (bicyclic) bond motifs is 8. The van der Waals surface area contributed by atoms with Gasteiger partial charge >= 0.3 is 0 Å². The summed E-state index contributed by atoms with van der Waals surface area (Å²) in [5.41, 5.74) is 4.50. The molecule has 3 fully saturated rings. The lowest BCUT2D eigenvalue weighted by Crippen LogP contribution is -2.41. The molecule has 0 radical (unpaired) electrons. The van der Waals surface area contributed by atoms with E-state index in [1.807, 2.05) is 56.3 Å². The van der Waals surface area contributed by atoms with E-state index >= 15 is 0 Å². The third kappa shape index (κ3) is 2.21. The van der Waals surface area contributed by atoms with E-state index < -0.39 is 0 Å². The lowest BCUT2D eigenvalue weighted by Gasteiger charge is -2.29. The van der Waals surface area contributed by atoms with Crippen LogP contribution in [0.2, 0.25) is 5.02 Å². The van der Waals surface area contributed by atoms with Gasteiger partial charge in [0.25, 0.3) is 0 Å². The van der Waals surface area contributed by atoms with E-state index in [0.717, 1.165) is 34.5 Å². The van der Waals surface area contributed by atoms with Crippen LogP contribution in [0.3, 0.4) is 0 Å². The lowest BCUT2D eigenvalue weighted by atomic mass is 9.71. The van der Waals surface area contributed by atoms with Gasteiger partial charge in [0.1, 0.15) is 6.10 Å². The summed E-state index contributed by atoms with van der Waals surface area (Å²) in [7, 11) is 0. The van der Waals surface area contributed by atoms with Crippen LogP contribution < -0.4 is 4.90 Å². The van der Waals surface area contributed by atoms with Crippen molar-refractivity contribution < 1.29 is 14.4 Å². The van der Waals surface area contributed by atoms with Gasteiger partial charge in [0, 0.05) is 16.9 Å². The zero-order valence-corrected chi connectivity index (χ0v) is 17.5. The second-order valence-corrected chi connectivity index (χ2v) is 9.38. The van der Waals surface area contributed by atoms with Crippen LogP contribution in [0.4, 0.5) is 5.69 Å². The highest BCUT2D eigenvalue weighted by atomic mass is 35.5. The largest absolute Gasteiger partial charge is 0.391 e. The van der Waals surface area contributed by atoms with E-state index in [4.69, 9.17) is 16.4 Å². The number of oxime groups is 1. The maximum atomic E-state index is 13.6. The van der Waals surface area contributed by atoms with Crippen molar-refractivity contribution in [2.24, 2.45) is 34.7 Å². The standard InChI is InChI=1S/C24H21ClN2O3/c1-11-4-3-5-12(2)21(11)27-23(28)17-15-10-16(18(17)24(27)29)22-19(15)20(26-30-22)13-6-8-14(25)9-7-13/h3-9,15-19,22H,10H2,1-2H3/t15-,16-,17+,18-,19-,22+/m0/s1. The van der Waals surface area contributed by atoms with Gasteiger partial charge in [0.2, 0.25) is 11.8 Å². The summed E-state index contributed by atoms with van der Waals surface area (Å²) in [6, 6.07) is 13.4. The van der Waals surface area contributed by atoms with E-state index in [1.165, 1.54) is 4.90 Å². The van der Waals surface area contributed by atoms with Gasteiger partial charge in [0.15, 0.2) is 0 Å². The average molecular weight is 421 g/mol. The van der Waals surface area contributed by atoms with Crippen LogP contribution in [0, 0.1) is 43.4 Å². The molecule has 2 heterocycles. The van der Waals surface area contributed by atoms with Crippen LogP contribution >= 0.6 is 11.6 Å². The molecular formula is C24H21ClN2O3. The molecule has 4 aliphatic rings. The molecule has 2 amide bonds. The molecule has 2 bridgehead atoms. The quantitative estimate of drug-likeness (QED) is 0.686. The molecule has 6 heteroatoms. The average Bonchev–Trinajstić information content (AvgIpc) is 3.45. The van der Waals surface area contributed by atoms with Crippen molar-refractivity contribution >= 4 is 34.8 Å². The van der Waals surface area contributed by atoms with Crippen molar-refractivity contribution in [2.45, 2.75) is 26.4 Å². The molecule has 2 aliphatic carbocycles. The maximum absolute atomic E-state index is 13.6. The van der Waals surface area contributed by atoms with Gasteiger partial charge < -0.3 is 4.84 Å². The molecule has 6 atom stereocenters. The minimum Gasteiger partial charge on any atom is -0.391 e. The molecule has 0 N–H and O–H groups in total. The predicted octanol–water partition coefficient (Wildman–Crippen LogP) is 4.13. The third-order valence-electron chi connectivity index (χ3n) is 7.49. The first-order chi connectivity index (χ1) is 14.5. The van der Waals surface area contributed by atoms with Gasteiger partial charge in [0.05, 0.1) is 23.2 Å². The molecule has 6 rings (SSSR count). The predicted molar refractivity (Wildman–Crippen MR) is 113 cm³/mol. The molecule has 2 aromatic carbocycles. The Morgan fingerprint density at radius 2 is 1.57 bits per heavy atom. The number of rotatable bonds is 2. The highest BCUT2D eigenvalue weighted by Crippen LogP contribution is 2.62. The fraction of sp³-hybridized carbons (Fsp3) is 0.375. The number of anilines is 1. The number of hydrogen-bond acceptors (Lipinski definition) is 4. The van der Waals surface area contributed by atoms with E-state index in [2.05, 4.69) is 5.16 Å². The van der Waals surface area contributed by atoms with Crippen molar-refractivity contribution in [1.82, 2.24) is 0 Å². The molecule has 2 aliphatic heterocycles. The molecule has 0 unspecified atom stereocenters. The summed E-state index contributed by atoms with van der Waals surface area (Å²) in [4.78, 5) is 34.4. The zero-order chi connectivity index (χ0) is 20.7. The molecule has 30 heavy (non-hydrogen) atoms. The second kappa shape index (κ2) is 6.17. The first-order valence-corrected chi connectivity index (χ1v) is 10.8. The summed E-state index contributed by atoms with van der Waals surface area (Å²) in [5.74, 6) is -0.568. The van der Waals surface area contributed by atoms with Crippen LogP contribution in [0.1, 0.15) is 23.1 Å². The SMILES string of the molecule is Cc1cccc(C)c1N1C(=O)[C@@H]2[C@@H]3C[C@H]([C@H]4ON=C(c5ccc(Cl)cc5)[C@H]34)[C@@H]2C1=O. The van der Waals surface area contributed by atoms with Gasteiger partial charge in [-0.3, -0.25) is 9.59 Å².